The average Bonchev–Trinajstić information content (AvgIpc) is 3.08. The van der Waals surface area contributed by atoms with Gasteiger partial charge in [0.25, 0.3) is 0 Å². The first kappa shape index (κ1) is 15.4. The number of carbonyl (C=O) groups excluding carboxylic acids is 1. The van der Waals surface area contributed by atoms with Crippen molar-refractivity contribution in [3.8, 4) is 0 Å². The minimum Gasteiger partial charge on any atom is -0.377 e. The molecule has 1 N–H and O–H groups in total. The van der Waals surface area contributed by atoms with Gasteiger partial charge in [0.2, 0.25) is 5.91 Å². The minimum atomic E-state index is 0.0362. The molecule has 1 amide bonds. The summed E-state index contributed by atoms with van der Waals surface area (Å²) in [6.07, 6.45) is 2.60. The topological polar surface area (TPSA) is 54.5 Å². The lowest BCUT2D eigenvalue weighted by Crippen LogP contribution is -2.36. The lowest BCUT2D eigenvalue weighted by Gasteiger charge is -2.19. The third kappa shape index (κ3) is 3.77. The van der Waals surface area contributed by atoms with Crippen LogP contribution in [0.3, 0.4) is 0 Å². The summed E-state index contributed by atoms with van der Waals surface area (Å²) < 4.78 is 5.66. The molecule has 1 saturated heterocycles. The number of hydrogen-bond donors (Lipinski definition) is 1. The molecule has 1 aromatic heterocycles. The number of anilines is 1. The maximum atomic E-state index is 11.5. The first-order chi connectivity index (χ1) is 9.61. The van der Waals surface area contributed by atoms with Crippen molar-refractivity contribution in [2.45, 2.75) is 52.3 Å². The SMILES string of the molecule is CCN(C(C)=O)c1nc(CNC(C)C2CCCO2)cs1. The molecule has 2 heterocycles. The van der Waals surface area contributed by atoms with Crippen molar-refractivity contribution >= 4 is 22.4 Å². The Hall–Kier alpha value is -0.980. The molecule has 1 aliphatic heterocycles. The summed E-state index contributed by atoms with van der Waals surface area (Å²) in [5.74, 6) is 0.0362. The lowest BCUT2D eigenvalue weighted by molar-refractivity contribution is -0.116. The highest BCUT2D eigenvalue weighted by Crippen LogP contribution is 2.21. The van der Waals surface area contributed by atoms with Crippen LogP contribution in [0.1, 0.15) is 39.3 Å². The van der Waals surface area contributed by atoms with Gasteiger partial charge in [0, 0.05) is 38.0 Å². The van der Waals surface area contributed by atoms with Crippen LogP contribution in [-0.2, 0) is 16.1 Å². The molecule has 0 saturated carbocycles. The van der Waals surface area contributed by atoms with Gasteiger partial charge in [-0.25, -0.2) is 4.98 Å². The number of rotatable bonds is 6. The van der Waals surface area contributed by atoms with Crippen molar-refractivity contribution in [2.75, 3.05) is 18.1 Å². The fourth-order valence-corrected chi connectivity index (χ4v) is 3.32. The molecule has 20 heavy (non-hydrogen) atoms. The third-order valence-corrected chi connectivity index (χ3v) is 4.51. The normalized spacial score (nSPS) is 20.1. The Morgan fingerprint density at radius 1 is 1.70 bits per heavy atom. The number of ether oxygens (including phenoxy) is 1. The first-order valence-corrected chi connectivity index (χ1v) is 8.07. The number of nitrogens with one attached hydrogen (secondary N) is 1. The van der Waals surface area contributed by atoms with Crippen molar-refractivity contribution in [3.63, 3.8) is 0 Å². The van der Waals surface area contributed by atoms with Gasteiger partial charge in [0.1, 0.15) is 0 Å². The van der Waals surface area contributed by atoms with E-state index < -0.39 is 0 Å². The van der Waals surface area contributed by atoms with E-state index in [0.717, 1.165) is 30.3 Å². The van der Waals surface area contributed by atoms with E-state index in [2.05, 4.69) is 17.2 Å². The summed E-state index contributed by atoms with van der Waals surface area (Å²) in [5, 5.41) is 6.25. The van der Waals surface area contributed by atoms with E-state index in [1.54, 1.807) is 11.8 Å². The summed E-state index contributed by atoms with van der Waals surface area (Å²) in [5.41, 5.74) is 0.981. The van der Waals surface area contributed by atoms with Gasteiger partial charge in [0.05, 0.1) is 11.8 Å². The van der Waals surface area contributed by atoms with E-state index in [4.69, 9.17) is 4.74 Å². The van der Waals surface area contributed by atoms with Crippen LogP contribution >= 0.6 is 11.3 Å². The van der Waals surface area contributed by atoms with Crippen LogP contribution in [0.5, 0.6) is 0 Å². The highest BCUT2D eigenvalue weighted by Gasteiger charge is 2.22. The van der Waals surface area contributed by atoms with Crippen LogP contribution in [0, 0.1) is 0 Å². The predicted octanol–water partition coefficient (Wildman–Crippen LogP) is 2.17. The van der Waals surface area contributed by atoms with Crippen LogP contribution in [0.15, 0.2) is 5.38 Å². The Balaban J connectivity index is 1.87. The number of hydrogen-bond acceptors (Lipinski definition) is 5. The molecule has 2 atom stereocenters. The summed E-state index contributed by atoms with van der Waals surface area (Å²) in [4.78, 5) is 17.7. The predicted molar refractivity (Wildman–Crippen MR) is 81.1 cm³/mol. The lowest BCUT2D eigenvalue weighted by atomic mass is 10.1. The standard InChI is InChI=1S/C14H23N3O2S/c1-4-17(11(3)18)14-16-12(9-20-14)8-15-10(2)13-6-5-7-19-13/h9-10,13,15H,4-8H2,1-3H3. The van der Waals surface area contributed by atoms with Crippen LogP contribution in [0.4, 0.5) is 5.13 Å². The van der Waals surface area contributed by atoms with E-state index >= 15 is 0 Å². The average molecular weight is 297 g/mol. The van der Waals surface area contributed by atoms with Crippen molar-refractivity contribution in [1.29, 1.82) is 0 Å². The molecule has 112 valence electrons. The molecule has 6 heteroatoms. The molecule has 0 spiro atoms. The Morgan fingerprint density at radius 2 is 2.50 bits per heavy atom. The third-order valence-electron chi connectivity index (χ3n) is 3.59. The van der Waals surface area contributed by atoms with Gasteiger partial charge in [-0.2, -0.15) is 0 Å². The van der Waals surface area contributed by atoms with E-state index in [1.165, 1.54) is 11.3 Å². The maximum Gasteiger partial charge on any atom is 0.225 e. The zero-order chi connectivity index (χ0) is 14.5. The summed E-state index contributed by atoms with van der Waals surface area (Å²) >= 11 is 1.52. The molecule has 2 rings (SSSR count). The molecular formula is C14H23N3O2S. The molecule has 1 aromatic rings. The van der Waals surface area contributed by atoms with Gasteiger partial charge in [-0.1, -0.05) is 0 Å². The molecule has 1 aliphatic rings. The van der Waals surface area contributed by atoms with Crippen molar-refractivity contribution in [2.24, 2.45) is 0 Å². The van der Waals surface area contributed by atoms with E-state index in [-0.39, 0.29) is 5.91 Å². The first-order valence-electron chi connectivity index (χ1n) is 7.19. The Kier molecular flexibility index (Phi) is 5.51. The van der Waals surface area contributed by atoms with Gasteiger partial charge in [0.15, 0.2) is 5.13 Å². The van der Waals surface area contributed by atoms with Crippen molar-refractivity contribution < 1.29 is 9.53 Å². The van der Waals surface area contributed by atoms with Crippen LogP contribution < -0.4 is 10.2 Å². The van der Waals surface area contributed by atoms with Crippen LogP contribution in [0.25, 0.3) is 0 Å². The monoisotopic (exact) mass is 297 g/mol. The van der Waals surface area contributed by atoms with Crippen LogP contribution in [-0.4, -0.2) is 36.2 Å². The second-order valence-electron chi connectivity index (χ2n) is 5.11. The van der Waals surface area contributed by atoms with Gasteiger partial charge in [-0.3, -0.25) is 9.69 Å². The number of carbonyl (C=O) groups is 1. The molecule has 1 fully saturated rings. The van der Waals surface area contributed by atoms with Gasteiger partial charge >= 0.3 is 0 Å². The largest absolute Gasteiger partial charge is 0.377 e. The minimum absolute atomic E-state index is 0.0362. The van der Waals surface area contributed by atoms with Crippen molar-refractivity contribution in [1.82, 2.24) is 10.3 Å². The number of amides is 1. The van der Waals surface area contributed by atoms with E-state index in [1.807, 2.05) is 12.3 Å². The zero-order valence-corrected chi connectivity index (χ0v) is 13.2. The molecular weight excluding hydrogens is 274 g/mol. The van der Waals surface area contributed by atoms with Crippen LogP contribution in [0.2, 0.25) is 0 Å². The number of nitrogens with zero attached hydrogens (tertiary/aromatic N) is 2. The second-order valence-corrected chi connectivity index (χ2v) is 5.94. The Labute approximate surface area is 124 Å². The highest BCUT2D eigenvalue weighted by atomic mass is 32.1. The molecule has 0 aromatic carbocycles. The maximum absolute atomic E-state index is 11.5. The summed E-state index contributed by atoms with van der Waals surface area (Å²) in [7, 11) is 0. The van der Waals surface area contributed by atoms with Crippen molar-refractivity contribution in [3.05, 3.63) is 11.1 Å². The molecule has 0 aliphatic carbocycles. The molecule has 0 bridgehead atoms. The quantitative estimate of drug-likeness (QED) is 0.874. The Morgan fingerprint density at radius 3 is 3.10 bits per heavy atom. The number of thiazole rings is 1. The van der Waals surface area contributed by atoms with Gasteiger partial charge in [-0.05, 0) is 26.7 Å². The van der Waals surface area contributed by atoms with Gasteiger partial charge in [-0.15, -0.1) is 11.3 Å². The fourth-order valence-electron chi connectivity index (χ4n) is 2.39. The Bertz CT molecular complexity index is 443. The molecule has 2 unspecified atom stereocenters. The molecule has 5 nitrogen and oxygen atoms in total. The van der Waals surface area contributed by atoms with E-state index in [0.29, 0.717) is 25.2 Å². The highest BCUT2D eigenvalue weighted by molar-refractivity contribution is 7.14. The molecule has 0 radical (unpaired) electrons. The van der Waals surface area contributed by atoms with E-state index in [9.17, 15) is 4.79 Å². The zero-order valence-electron chi connectivity index (χ0n) is 12.4. The fraction of sp³-hybridized carbons (Fsp3) is 0.714. The summed E-state index contributed by atoms with van der Waals surface area (Å²) in [6, 6.07) is 0.331. The second kappa shape index (κ2) is 7.15. The summed E-state index contributed by atoms with van der Waals surface area (Å²) in [6.45, 7) is 7.93. The van der Waals surface area contributed by atoms with Gasteiger partial charge < -0.3 is 10.1 Å². The number of aromatic nitrogens is 1. The smallest absolute Gasteiger partial charge is 0.225 e.